The van der Waals surface area contributed by atoms with Gasteiger partial charge in [-0.2, -0.15) is 5.10 Å². The summed E-state index contributed by atoms with van der Waals surface area (Å²) >= 11 is 0. The molecule has 1 fully saturated rings. The Balaban J connectivity index is 1.12. The van der Waals surface area contributed by atoms with Crippen molar-refractivity contribution in [1.29, 1.82) is 0 Å². The maximum atomic E-state index is 14.9. The first-order chi connectivity index (χ1) is 19.9. The Bertz CT molecular complexity index is 1650. The molecular formula is C29H30FN7O4. The Morgan fingerprint density at radius 2 is 1.93 bits per heavy atom. The van der Waals surface area contributed by atoms with Crippen molar-refractivity contribution in [2.75, 3.05) is 39.2 Å². The molecule has 212 valence electrons. The van der Waals surface area contributed by atoms with Gasteiger partial charge in [0, 0.05) is 30.1 Å². The van der Waals surface area contributed by atoms with Crippen molar-refractivity contribution in [3.05, 3.63) is 92.9 Å². The molecule has 0 radical (unpaired) electrons. The number of nitrogens with one attached hydrogen (secondary N) is 2. The standard InChI is InChI=1S/C29H30FN7O4/c1-36(2)19-15-40-26(41-16-19)12-32-29-31-11-18-13-37(14-25(18)33-29)28(39)22-9-17(7-8-23(22)30)10-24-20-5-3-4-6-21(20)27(38)35-34-24/h3-9,11,19,26H,10,12-16H2,1-2H3,(H,35,38)(H,31,32,33). The highest BCUT2D eigenvalue weighted by atomic mass is 19.1. The largest absolute Gasteiger partial charge is 0.349 e. The number of halogens is 1. The molecule has 2 aliphatic heterocycles. The van der Waals surface area contributed by atoms with Gasteiger partial charge in [-0.15, -0.1) is 0 Å². The average Bonchev–Trinajstić information content (AvgIpc) is 3.42. The number of hydrogen-bond acceptors (Lipinski definition) is 9. The van der Waals surface area contributed by atoms with E-state index in [0.717, 1.165) is 5.56 Å². The highest BCUT2D eigenvalue weighted by Crippen LogP contribution is 2.25. The molecule has 0 bridgehead atoms. The number of carbonyl (C=O) groups excluding carboxylic acids is 1. The van der Waals surface area contributed by atoms with E-state index in [2.05, 4.69) is 30.4 Å². The number of fused-ring (bicyclic) bond motifs is 2. The Hall–Kier alpha value is -4.26. The molecule has 0 spiro atoms. The number of aromatic nitrogens is 4. The van der Waals surface area contributed by atoms with Crippen LogP contribution in [-0.4, -0.2) is 82.1 Å². The van der Waals surface area contributed by atoms with Crippen LogP contribution in [0.1, 0.15) is 32.9 Å². The zero-order valence-corrected chi connectivity index (χ0v) is 22.8. The number of nitrogens with zero attached hydrogens (tertiary/aromatic N) is 5. The maximum absolute atomic E-state index is 14.9. The molecule has 2 aromatic heterocycles. The lowest BCUT2D eigenvalue weighted by molar-refractivity contribution is -0.193. The van der Waals surface area contributed by atoms with Gasteiger partial charge in [0.25, 0.3) is 11.5 Å². The molecular weight excluding hydrogens is 529 g/mol. The molecule has 6 rings (SSSR count). The average molecular weight is 560 g/mol. The number of benzene rings is 2. The number of aromatic amines is 1. The van der Waals surface area contributed by atoms with E-state index in [-0.39, 0.29) is 30.3 Å². The predicted molar refractivity (Wildman–Crippen MR) is 149 cm³/mol. The van der Waals surface area contributed by atoms with Crippen molar-refractivity contribution in [3.63, 3.8) is 0 Å². The number of anilines is 1. The molecule has 1 amide bonds. The molecule has 4 aromatic rings. The summed E-state index contributed by atoms with van der Waals surface area (Å²) in [6.07, 6.45) is 1.60. The van der Waals surface area contributed by atoms with Gasteiger partial charge in [-0.25, -0.2) is 19.5 Å². The highest BCUT2D eigenvalue weighted by Gasteiger charge is 2.29. The third-order valence-electron chi connectivity index (χ3n) is 7.46. The Labute approximate surface area is 235 Å². The summed E-state index contributed by atoms with van der Waals surface area (Å²) in [6.45, 7) is 2.07. The minimum atomic E-state index is -0.605. The van der Waals surface area contributed by atoms with Gasteiger partial charge in [-0.1, -0.05) is 24.3 Å². The second-order valence-electron chi connectivity index (χ2n) is 10.5. The second-order valence-corrected chi connectivity index (χ2v) is 10.5. The van der Waals surface area contributed by atoms with Crippen LogP contribution >= 0.6 is 0 Å². The third kappa shape index (κ3) is 5.67. The quantitative estimate of drug-likeness (QED) is 0.351. The fraction of sp³-hybridized carbons (Fsp3) is 0.345. The van der Waals surface area contributed by atoms with Crippen molar-refractivity contribution in [2.24, 2.45) is 0 Å². The first-order valence-corrected chi connectivity index (χ1v) is 13.4. The molecule has 0 atom stereocenters. The minimum absolute atomic E-state index is 0.0297. The first kappa shape index (κ1) is 26.9. The van der Waals surface area contributed by atoms with Crippen LogP contribution in [0.5, 0.6) is 0 Å². The lowest BCUT2D eigenvalue weighted by atomic mass is 10.0. The predicted octanol–water partition coefficient (Wildman–Crippen LogP) is 2.31. The summed E-state index contributed by atoms with van der Waals surface area (Å²) in [7, 11) is 3.97. The number of ether oxygens (including phenoxy) is 2. The molecule has 2 aliphatic rings. The highest BCUT2D eigenvalue weighted by molar-refractivity contribution is 5.95. The zero-order valence-electron chi connectivity index (χ0n) is 22.8. The Morgan fingerprint density at radius 3 is 2.71 bits per heavy atom. The van der Waals surface area contributed by atoms with Crippen LogP contribution in [0.2, 0.25) is 0 Å². The van der Waals surface area contributed by atoms with E-state index < -0.39 is 18.0 Å². The van der Waals surface area contributed by atoms with Gasteiger partial charge in [0.2, 0.25) is 5.95 Å². The van der Waals surface area contributed by atoms with Crippen LogP contribution in [0, 0.1) is 5.82 Å². The molecule has 2 N–H and O–H groups in total. The topological polar surface area (TPSA) is 126 Å². The number of likely N-dealkylation sites (N-methyl/N-ethyl adjacent to an activating group) is 1. The van der Waals surface area contributed by atoms with Crippen molar-refractivity contribution >= 4 is 22.6 Å². The minimum Gasteiger partial charge on any atom is -0.349 e. The fourth-order valence-corrected chi connectivity index (χ4v) is 5.02. The van der Waals surface area contributed by atoms with Gasteiger partial charge in [0.1, 0.15) is 5.82 Å². The van der Waals surface area contributed by atoms with Crippen LogP contribution in [0.4, 0.5) is 10.3 Å². The molecule has 1 saturated heterocycles. The second kappa shape index (κ2) is 11.3. The van der Waals surface area contributed by atoms with Gasteiger partial charge >= 0.3 is 0 Å². The van der Waals surface area contributed by atoms with Gasteiger partial charge in [-0.05, 0) is 37.9 Å². The first-order valence-electron chi connectivity index (χ1n) is 13.4. The number of hydrogen-bond donors (Lipinski definition) is 2. The van der Waals surface area contributed by atoms with E-state index in [0.29, 0.717) is 59.9 Å². The van der Waals surface area contributed by atoms with Crippen LogP contribution in [0.3, 0.4) is 0 Å². The number of carbonyl (C=O) groups is 1. The van der Waals surface area contributed by atoms with Crippen LogP contribution in [-0.2, 0) is 29.0 Å². The van der Waals surface area contributed by atoms with Gasteiger partial charge in [-0.3, -0.25) is 9.59 Å². The lowest BCUT2D eigenvalue weighted by Crippen LogP contribution is -2.45. The van der Waals surface area contributed by atoms with Crippen LogP contribution < -0.4 is 10.9 Å². The van der Waals surface area contributed by atoms with Crippen LogP contribution in [0.25, 0.3) is 10.8 Å². The molecule has 41 heavy (non-hydrogen) atoms. The summed E-state index contributed by atoms with van der Waals surface area (Å²) in [6, 6.07) is 11.8. The molecule has 0 aliphatic carbocycles. The summed E-state index contributed by atoms with van der Waals surface area (Å²) < 4.78 is 26.4. The molecule has 0 unspecified atom stereocenters. The van der Waals surface area contributed by atoms with Gasteiger partial charge < -0.3 is 24.6 Å². The molecule has 0 saturated carbocycles. The Kier molecular flexibility index (Phi) is 7.43. The van der Waals surface area contributed by atoms with Crippen molar-refractivity contribution in [2.45, 2.75) is 31.8 Å². The van der Waals surface area contributed by atoms with E-state index in [4.69, 9.17) is 9.47 Å². The summed E-state index contributed by atoms with van der Waals surface area (Å²) in [5, 5.41) is 11.1. The molecule has 4 heterocycles. The monoisotopic (exact) mass is 559 g/mol. The number of H-pyrrole nitrogens is 1. The zero-order chi connectivity index (χ0) is 28.5. The SMILES string of the molecule is CN(C)C1COC(CNc2ncc3c(n2)CN(C(=O)c2cc(Cc4n[nH]c(=O)c5ccccc45)ccc2F)C3)OC1. The van der Waals surface area contributed by atoms with Crippen molar-refractivity contribution in [1.82, 2.24) is 30.0 Å². The summed E-state index contributed by atoms with van der Waals surface area (Å²) in [5.74, 6) is -0.629. The third-order valence-corrected chi connectivity index (χ3v) is 7.46. The smallest absolute Gasteiger partial charge is 0.272 e. The molecule has 12 heteroatoms. The molecule has 11 nitrogen and oxygen atoms in total. The van der Waals surface area contributed by atoms with E-state index in [1.807, 2.05) is 26.2 Å². The normalized spacial score (nSPS) is 18.6. The Morgan fingerprint density at radius 1 is 1.15 bits per heavy atom. The fourth-order valence-electron chi connectivity index (χ4n) is 5.02. The summed E-state index contributed by atoms with van der Waals surface area (Å²) in [5.41, 5.74) is 2.54. The van der Waals surface area contributed by atoms with E-state index in [9.17, 15) is 14.0 Å². The van der Waals surface area contributed by atoms with Gasteiger partial charge in [0.15, 0.2) is 6.29 Å². The number of rotatable bonds is 7. The van der Waals surface area contributed by atoms with Crippen molar-refractivity contribution < 1.29 is 18.7 Å². The van der Waals surface area contributed by atoms with E-state index in [1.165, 1.54) is 6.07 Å². The van der Waals surface area contributed by atoms with Crippen molar-refractivity contribution in [3.8, 4) is 0 Å². The van der Waals surface area contributed by atoms with E-state index in [1.54, 1.807) is 35.4 Å². The van der Waals surface area contributed by atoms with Crippen LogP contribution in [0.15, 0.2) is 53.5 Å². The van der Waals surface area contributed by atoms with Gasteiger partial charge in [0.05, 0.1) is 54.7 Å². The number of amides is 1. The lowest BCUT2D eigenvalue weighted by Gasteiger charge is -2.32. The summed E-state index contributed by atoms with van der Waals surface area (Å²) in [4.78, 5) is 38.1. The molecule has 2 aromatic carbocycles. The maximum Gasteiger partial charge on any atom is 0.272 e. The van der Waals surface area contributed by atoms with E-state index >= 15 is 0 Å².